The summed E-state index contributed by atoms with van der Waals surface area (Å²) in [5, 5.41) is 17.8. The Labute approximate surface area is 161 Å². The zero-order chi connectivity index (χ0) is 20.3. The molecule has 2 amide bonds. The number of carbonyl (C=O) groups is 2. The molecule has 1 aromatic carbocycles. The van der Waals surface area contributed by atoms with Gasteiger partial charge in [0.15, 0.2) is 0 Å². The van der Waals surface area contributed by atoms with E-state index in [0.29, 0.717) is 43.2 Å². The Hall–Kier alpha value is -3.27. The normalized spacial score (nSPS) is 14.0. The molecule has 10 nitrogen and oxygen atoms in total. The Bertz CT molecular complexity index is 900. The standard InChI is InChI=1S/C18H21N5O5/c1-12-17(23(26)27)13(2)22(20-12)11-16(24)19-15-5-3-14(4-6-15)18(25)21-7-9-28-10-8-21/h3-6H,7-11H2,1-2H3,(H,19,24). The molecule has 10 heteroatoms. The number of benzene rings is 1. The van der Waals surface area contributed by atoms with Gasteiger partial charge in [-0.3, -0.25) is 24.4 Å². The Morgan fingerprint density at radius 1 is 1.21 bits per heavy atom. The molecule has 0 atom stereocenters. The highest BCUT2D eigenvalue weighted by molar-refractivity contribution is 5.95. The fraction of sp³-hybridized carbons (Fsp3) is 0.389. The molecule has 0 radical (unpaired) electrons. The third-order valence-electron chi connectivity index (χ3n) is 4.53. The van der Waals surface area contributed by atoms with Crippen LogP contribution in [0, 0.1) is 24.0 Å². The predicted molar refractivity (Wildman–Crippen MR) is 100 cm³/mol. The number of morpholine rings is 1. The topological polar surface area (TPSA) is 120 Å². The second-order valence-electron chi connectivity index (χ2n) is 6.46. The molecule has 3 rings (SSSR count). The van der Waals surface area contributed by atoms with Crippen molar-refractivity contribution in [3.05, 3.63) is 51.3 Å². The molecule has 2 heterocycles. The summed E-state index contributed by atoms with van der Waals surface area (Å²) < 4.78 is 6.55. The van der Waals surface area contributed by atoms with Crippen molar-refractivity contribution < 1.29 is 19.2 Å². The van der Waals surface area contributed by atoms with Crippen LogP contribution in [-0.4, -0.2) is 57.7 Å². The molecule has 1 aliphatic rings. The highest BCUT2D eigenvalue weighted by Crippen LogP contribution is 2.21. The van der Waals surface area contributed by atoms with Crippen LogP contribution in [0.1, 0.15) is 21.7 Å². The van der Waals surface area contributed by atoms with Crippen LogP contribution in [0.25, 0.3) is 0 Å². The molecule has 0 bridgehead atoms. The van der Waals surface area contributed by atoms with Gasteiger partial charge in [-0.05, 0) is 38.1 Å². The summed E-state index contributed by atoms with van der Waals surface area (Å²) in [6, 6.07) is 6.60. The van der Waals surface area contributed by atoms with Crippen molar-refractivity contribution in [3.63, 3.8) is 0 Å². The van der Waals surface area contributed by atoms with Gasteiger partial charge < -0.3 is 15.0 Å². The van der Waals surface area contributed by atoms with E-state index < -0.39 is 4.92 Å². The molecule has 1 N–H and O–H groups in total. The Balaban J connectivity index is 1.62. The molecule has 2 aromatic rings. The maximum atomic E-state index is 12.4. The summed E-state index contributed by atoms with van der Waals surface area (Å²) in [6.45, 7) is 5.13. The summed E-state index contributed by atoms with van der Waals surface area (Å²) in [7, 11) is 0. The maximum Gasteiger partial charge on any atom is 0.312 e. The van der Waals surface area contributed by atoms with E-state index in [0.717, 1.165) is 0 Å². The number of nitro groups is 1. The van der Waals surface area contributed by atoms with Gasteiger partial charge in [0.05, 0.1) is 18.1 Å². The summed E-state index contributed by atoms with van der Waals surface area (Å²) in [6.07, 6.45) is 0. The van der Waals surface area contributed by atoms with Gasteiger partial charge in [0.25, 0.3) is 5.91 Å². The van der Waals surface area contributed by atoms with E-state index in [9.17, 15) is 19.7 Å². The van der Waals surface area contributed by atoms with Crippen molar-refractivity contribution in [3.8, 4) is 0 Å². The number of amides is 2. The molecule has 0 unspecified atom stereocenters. The smallest absolute Gasteiger partial charge is 0.312 e. The molecule has 28 heavy (non-hydrogen) atoms. The van der Waals surface area contributed by atoms with Gasteiger partial charge in [0.1, 0.15) is 17.9 Å². The van der Waals surface area contributed by atoms with Crippen LogP contribution in [0.2, 0.25) is 0 Å². The molecule has 0 spiro atoms. The van der Waals surface area contributed by atoms with Crippen molar-refractivity contribution in [1.82, 2.24) is 14.7 Å². The highest BCUT2D eigenvalue weighted by atomic mass is 16.6. The van der Waals surface area contributed by atoms with Crippen molar-refractivity contribution in [2.24, 2.45) is 0 Å². The van der Waals surface area contributed by atoms with Gasteiger partial charge in [0.2, 0.25) is 5.91 Å². The third-order valence-corrected chi connectivity index (χ3v) is 4.53. The van der Waals surface area contributed by atoms with E-state index in [-0.39, 0.29) is 29.7 Å². The van der Waals surface area contributed by atoms with Crippen LogP contribution in [0.15, 0.2) is 24.3 Å². The van der Waals surface area contributed by atoms with Crippen LogP contribution in [0.4, 0.5) is 11.4 Å². The van der Waals surface area contributed by atoms with Gasteiger partial charge >= 0.3 is 5.69 Å². The number of nitrogens with one attached hydrogen (secondary N) is 1. The molecular formula is C18H21N5O5. The monoisotopic (exact) mass is 387 g/mol. The Kier molecular flexibility index (Phi) is 5.69. The summed E-state index contributed by atoms with van der Waals surface area (Å²) >= 11 is 0. The molecule has 0 saturated carbocycles. The average Bonchev–Trinajstić information content (AvgIpc) is 2.95. The number of hydrogen-bond donors (Lipinski definition) is 1. The van der Waals surface area contributed by atoms with E-state index in [2.05, 4.69) is 10.4 Å². The lowest BCUT2D eigenvalue weighted by molar-refractivity contribution is -0.386. The quantitative estimate of drug-likeness (QED) is 0.614. The zero-order valence-electron chi connectivity index (χ0n) is 15.7. The molecule has 1 aliphatic heterocycles. The molecule has 0 aliphatic carbocycles. The molecule has 1 saturated heterocycles. The van der Waals surface area contributed by atoms with Gasteiger partial charge in [-0.25, -0.2) is 0 Å². The second-order valence-corrected chi connectivity index (χ2v) is 6.46. The van der Waals surface area contributed by atoms with Gasteiger partial charge in [-0.15, -0.1) is 0 Å². The fourth-order valence-corrected chi connectivity index (χ4v) is 3.09. The van der Waals surface area contributed by atoms with Gasteiger partial charge in [-0.1, -0.05) is 0 Å². The first-order valence-electron chi connectivity index (χ1n) is 8.82. The fourth-order valence-electron chi connectivity index (χ4n) is 3.09. The van der Waals surface area contributed by atoms with Gasteiger partial charge in [-0.2, -0.15) is 5.10 Å². The summed E-state index contributed by atoms with van der Waals surface area (Å²) in [5.41, 5.74) is 1.57. The number of ether oxygens (including phenoxy) is 1. The number of hydrogen-bond acceptors (Lipinski definition) is 6. The first-order chi connectivity index (χ1) is 13.4. The number of aromatic nitrogens is 2. The lowest BCUT2D eigenvalue weighted by atomic mass is 10.1. The van der Waals surface area contributed by atoms with E-state index in [1.54, 1.807) is 36.1 Å². The maximum absolute atomic E-state index is 12.4. The minimum Gasteiger partial charge on any atom is -0.378 e. The first-order valence-corrected chi connectivity index (χ1v) is 8.82. The minimum atomic E-state index is -0.504. The lowest BCUT2D eigenvalue weighted by Gasteiger charge is -2.26. The van der Waals surface area contributed by atoms with Crippen LogP contribution >= 0.6 is 0 Å². The molecule has 148 valence electrons. The van der Waals surface area contributed by atoms with Crippen LogP contribution in [-0.2, 0) is 16.1 Å². The first kappa shape index (κ1) is 19.5. The minimum absolute atomic E-state index is 0.0730. The van der Waals surface area contributed by atoms with Crippen molar-refractivity contribution in [2.75, 3.05) is 31.6 Å². The van der Waals surface area contributed by atoms with E-state index >= 15 is 0 Å². The number of nitrogens with zero attached hydrogens (tertiary/aromatic N) is 4. The number of aryl methyl sites for hydroxylation is 1. The average molecular weight is 387 g/mol. The highest BCUT2D eigenvalue weighted by Gasteiger charge is 2.23. The Morgan fingerprint density at radius 2 is 1.86 bits per heavy atom. The van der Waals surface area contributed by atoms with Crippen molar-refractivity contribution in [1.29, 1.82) is 0 Å². The van der Waals surface area contributed by atoms with E-state index in [1.807, 2.05) is 0 Å². The lowest BCUT2D eigenvalue weighted by Crippen LogP contribution is -2.40. The number of carbonyl (C=O) groups excluding carboxylic acids is 2. The second kappa shape index (κ2) is 8.17. The largest absolute Gasteiger partial charge is 0.378 e. The number of rotatable bonds is 5. The molecule has 1 aromatic heterocycles. The zero-order valence-corrected chi connectivity index (χ0v) is 15.7. The van der Waals surface area contributed by atoms with E-state index in [1.165, 1.54) is 11.6 Å². The predicted octanol–water partition coefficient (Wildman–Crippen LogP) is 1.52. The van der Waals surface area contributed by atoms with Gasteiger partial charge in [0, 0.05) is 24.3 Å². The van der Waals surface area contributed by atoms with E-state index in [4.69, 9.17) is 4.74 Å². The summed E-state index contributed by atoms with van der Waals surface area (Å²) in [4.78, 5) is 37.0. The van der Waals surface area contributed by atoms with Crippen molar-refractivity contribution >= 4 is 23.2 Å². The third kappa shape index (κ3) is 4.17. The molecular weight excluding hydrogens is 366 g/mol. The van der Waals surface area contributed by atoms with Crippen LogP contribution in [0.5, 0.6) is 0 Å². The van der Waals surface area contributed by atoms with Crippen LogP contribution in [0.3, 0.4) is 0 Å². The number of anilines is 1. The van der Waals surface area contributed by atoms with Crippen molar-refractivity contribution in [2.45, 2.75) is 20.4 Å². The SMILES string of the molecule is Cc1nn(CC(=O)Nc2ccc(C(=O)N3CCOCC3)cc2)c(C)c1[N+](=O)[O-]. The summed E-state index contributed by atoms with van der Waals surface area (Å²) in [5.74, 6) is -0.441. The van der Waals surface area contributed by atoms with Crippen LogP contribution < -0.4 is 5.32 Å². The molecule has 1 fully saturated rings. The Morgan fingerprint density at radius 3 is 2.43 bits per heavy atom.